The molecule has 1 saturated heterocycles. The number of hydrogen-bond donors (Lipinski definition) is 2. The van der Waals surface area contributed by atoms with Crippen molar-refractivity contribution < 1.29 is 14.3 Å². The minimum absolute atomic E-state index is 0.173. The van der Waals surface area contributed by atoms with E-state index in [1.807, 2.05) is 0 Å². The Hall–Kier alpha value is -1.82. The van der Waals surface area contributed by atoms with E-state index in [1.54, 1.807) is 26.8 Å². The van der Waals surface area contributed by atoms with Gasteiger partial charge in [0.2, 0.25) is 0 Å². The lowest BCUT2D eigenvalue weighted by atomic mass is 10.2. The van der Waals surface area contributed by atoms with E-state index in [2.05, 4.69) is 10.3 Å². The first kappa shape index (κ1) is 15.6. The molecule has 1 amide bonds. The Balaban J connectivity index is 0.000000218. The van der Waals surface area contributed by atoms with Gasteiger partial charge in [-0.05, 0) is 51.2 Å². The largest absolute Gasteiger partial charge is 0.444 e. The molecule has 116 valence electrons. The molecule has 2 N–H and O–H groups in total. The van der Waals surface area contributed by atoms with E-state index in [0.717, 1.165) is 25.0 Å². The molecule has 21 heavy (non-hydrogen) atoms. The number of carbonyl (C=O) groups excluding carboxylic acids is 1. The number of hydrogen-bond acceptors (Lipinski definition) is 4. The second-order valence-corrected chi connectivity index (χ2v) is 6.33. The number of H-pyrrole nitrogens is 1. The maximum Gasteiger partial charge on any atom is 0.412 e. The molecular formula is C15H22N2O4. The second-order valence-electron chi connectivity index (χ2n) is 6.33. The number of fused-ring (bicyclic) bond motifs is 1. The third kappa shape index (κ3) is 5.23. The molecule has 1 aliphatic heterocycles. The molecule has 3 rings (SSSR count). The van der Waals surface area contributed by atoms with Gasteiger partial charge in [-0.2, -0.15) is 0 Å². The Morgan fingerprint density at radius 3 is 2.48 bits per heavy atom. The van der Waals surface area contributed by atoms with Crippen LogP contribution in [0.25, 0.3) is 0 Å². The number of anilines is 1. The van der Waals surface area contributed by atoms with E-state index in [4.69, 9.17) is 9.47 Å². The summed E-state index contributed by atoms with van der Waals surface area (Å²) in [6, 6.07) is 3.12. The number of ether oxygens (including phenoxy) is 2. The molecule has 1 aromatic rings. The predicted octanol–water partition coefficient (Wildman–Crippen LogP) is 2.37. The van der Waals surface area contributed by atoms with Crippen molar-refractivity contribution in [1.82, 2.24) is 4.98 Å². The average molecular weight is 294 g/mol. The minimum atomic E-state index is -0.640. The molecule has 1 saturated carbocycles. The zero-order valence-electron chi connectivity index (χ0n) is 12.6. The van der Waals surface area contributed by atoms with E-state index >= 15 is 0 Å². The van der Waals surface area contributed by atoms with Crippen LogP contribution in [0.1, 0.15) is 27.2 Å². The summed E-state index contributed by atoms with van der Waals surface area (Å²) in [7, 11) is 0. The molecule has 0 radical (unpaired) electrons. The maximum absolute atomic E-state index is 11.3. The van der Waals surface area contributed by atoms with Gasteiger partial charge in [0.1, 0.15) is 11.3 Å². The summed E-state index contributed by atoms with van der Waals surface area (Å²) >= 11 is 0. The fourth-order valence-electron chi connectivity index (χ4n) is 2.02. The zero-order chi connectivity index (χ0) is 15.5. The second kappa shape index (κ2) is 6.30. The van der Waals surface area contributed by atoms with Crippen LogP contribution in [0.2, 0.25) is 0 Å². The highest BCUT2D eigenvalue weighted by Crippen LogP contribution is 2.43. The van der Waals surface area contributed by atoms with Gasteiger partial charge >= 0.3 is 6.09 Å². The number of aromatic amines is 1. The molecular weight excluding hydrogens is 272 g/mol. The normalized spacial score (nSPS) is 22.6. The highest BCUT2D eigenvalue weighted by molar-refractivity contribution is 5.84. The molecule has 1 aromatic heterocycles. The standard InChI is InChI=1S/C10H14N2O3.C5H8O/c1-10(2,3)15-9(14)12-7-5-4-6-11-8(7)13;1-4-2-6-3-5(1)4/h4-6H,1-3H3,(H,11,13)(H,12,14);4-5H,1-3H2. The van der Waals surface area contributed by atoms with E-state index in [0.29, 0.717) is 0 Å². The molecule has 0 aromatic carbocycles. The van der Waals surface area contributed by atoms with Crippen molar-refractivity contribution in [2.45, 2.75) is 32.8 Å². The molecule has 2 fully saturated rings. The number of aromatic nitrogens is 1. The lowest BCUT2D eigenvalue weighted by Gasteiger charge is -2.19. The molecule has 0 bridgehead atoms. The van der Waals surface area contributed by atoms with Crippen molar-refractivity contribution in [3.05, 3.63) is 28.7 Å². The quantitative estimate of drug-likeness (QED) is 0.833. The first-order chi connectivity index (χ1) is 9.85. The van der Waals surface area contributed by atoms with Crippen molar-refractivity contribution in [1.29, 1.82) is 0 Å². The summed E-state index contributed by atoms with van der Waals surface area (Å²) < 4.78 is 10.1. The van der Waals surface area contributed by atoms with Crippen LogP contribution in [0, 0.1) is 11.8 Å². The lowest BCUT2D eigenvalue weighted by molar-refractivity contribution is 0.0635. The Labute approximate surface area is 123 Å². The van der Waals surface area contributed by atoms with Gasteiger partial charge in [0, 0.05) is 19.4 Å². The predicted molar refractivity (Wildman–Crippen MR) is 79.3 cm³/mol. The first-order valence-corrected chi connectivity index (χ1v) is 7.10. The van der Waals surface area contributed by atoms with Crippen LogP contribution in [-0.4, -0.2) is 29.9 Å². The molecule has 2 atom stereocenters. The van der Waals surface area contributed by atoms with Crippen molar-refractivity contribution in [2.75, 3.05) is 18.5 Å². The average Bonchev–Trinajstić information content (AvgIpc) is 2.97. The SMILES string of the molecule is C1OCC2CC12.CC(C)(C)OC(=O)Nc1ccc[nH]c1=O. The summed E-state index contributed by atoms with van der Waals surface area (Å²) in [5, 5.41) is 2.36. The summed E-state index contributed by atoms with van der Waals surface area (Å²) in [5.74, 6) is 1.98. The van der Waals surface area contributed by atoms with Crippen LogP contribution in [-0.2, 0) is 9.47 Å². The molecule has 6 heteroatoms. The smallest absolute Gasteiger partial charge is 0.412 e. The molecule has 1 aliphatic carbocycles. The van der Waals surface area contributed by atoms with Gasteiger partial charge in [-0.15, -0.1) is 0 Å². The summed E-state index contributed by atoms with van der Waals surface area (Å²) in [4.78, 5) is 24.9. The van der Waals surface area contributed by atoms with Crippen molar-refractivity contribution in [3.63, 3.8) is 0 Å². The van der Waals surface area contributed by atoms with E-state index in [9.17, 15) is 9.59 Å². The fraction of sp³-hybridized carbons (Fsp3) is 0.600. The van der Waals surface area contributed by atoms with Crippen molar-refractivity contribution in [2.24, 2.45) is 11.8 Å². The number of nitrogens with one attached hydrogen (secondary N) is 2. The van der Waals surface area contributed by atoms with Gasteiger partial charge in [-0.25, -0.2) is 4.79 Å². The number of pyridine rings is 1. The Kier molecular flexibility index (Phi) is 4.67. The molecule has 0 spiro atoms. The topological polar surface area (TPSA) is 80.4 Å². The van der Waals surface area contributed by atoms with Crippen LogP contribution < -0.4 is 10.9 Å². The fourth-order valence-corrected chi connectivity index (χ4v) is 2.02. The van der Waals surface area contributed by atoms with Gasteiger partial charge in [-0.1, -0.05) is 0 Å². The van der Waals surface area contributed by atoms with E-state index in [1.165, 1.54) is 18.7 Å². The Morgan fingerprint density at radius 2 is 2.05 bits per heavy atom. The number of amides is 1. The number of rotatable bonds is 1. The Bertz CT molecular complexity index is 539. The van der Waals surface area contributed by atoms with Crippen molar-refractivity contribution >= 4 is 11.8 Å². The third-order valence-corrected chi connectivity index (χ3v) is 3.19. The Morgan fingerprint density at radius 1 is 1.38 bits per heavy atom. The lowest BCUT2D eigenvalue weighted by Crippen LogP contribution is -2.29. The molecule has 6 nitrogen and oxygen atoms in total. The summed E-state index contributed by atoms with van der Waals surface area (Å²) in [6.45, 7) is 7.38. The van der Waals surface area contributed by atoms with Crippen LogP contribution in [0.3, 0.4) is 0 Å². The highest BCUT2D eigenvalue weighted by Gasteiger charge is 2.41. The highest BCUT2D eigenvalue weighted by atomic mass is 16.6. The van der Waals surface area contributed by atoms with Gasteiger partial charge in [-0.3, -0.25) is 10.1 Å². The molecule has 2 heterocycles. The van der Waals surface area contributed by atoms with Gasteiger partial charge in [0.15, 0.2) is 0 Å². The van der Waals surface area contributed by atoms with Crippen molar-refractivity contribution in [3.8, 4) is 0 Å². The summed E-state index contributed by atoms with van der Waals surface area (Å²) in [6.07, 6.45) is 2.31. The van der Waals surface area contributed by atoms with Gasteiger partial charge in [0.25, 0.3) is 5.56 Å². The first-order valence-electron chi connectivity index (χ1n) is 7.10. The monoisotopic (exact) mass is 294 g/mol. The van der Waals surface area contributed by atoms with Gasteiger partial charge in [0.05, 0.1) is 0 Å². The molecule has 2 unspecified atom stereocenters. The zero-order valence-corrected chi connectivity index (χ0v) is 12.6. The molecule has 2 aliphatic rings. The van der Waals surface area contributed by atoms with Crippen LogP contribution >= 0.6 is 0 Å². The van der Waals surface area contributed by atoms with Crippen LogP contribution in [0.4, 0.5) is 10.5 Å². The van der Waals surface area contributed by atoms with Crippen LogP contribution in [0.5, 0.6) is 0 Å². The maximum atomic E-state index is 11.3. The van der Waals surface area contributed by atoms with Crippen LogP contribution in [0.15, 0.2) is 23.1 Å². The van der Waals surface area contributed by atoms with E-state index < -0.39 is 11.7 Å². The van der Waals surface area contributed by atoms with E-state index in [-0.39, 0.29) is 11.2 Å². The van der Waals surface area contributed by atoms with Gasteiger partial charge < -0.3 is 14.5 Å². The minimum Gasteiger partial charge on any atom is -0.444 e. The third-order valence-electron chi connectivity index (χ3n) is 3.19. The number of carbonyl (C=O) groups is 1. The summed E-state index contributed by atoms with van der Waals surface area (Å²) in [5.41, 5.74) is -0.763.